The van der Waals surface area contributed by atoms with Crippen molar-refractivity contribution < 1.29 is 24.0 Å². The van der Waals surface area contributed by atoms with Crippen LogP contribution in [0.1, 0.15) is 0 Å². The molecule has 2 N–H and O–H groups in total. The number of likely N-dealkylation sites (N-methyl/N-ethyl adjacent to an activating group) is 1. The molecule has 0 aromatic heterocycles. The molecule has 0 fully saturated rings. The number of para-hydroxylation sites is 2. The van der Waals surface area contributed by atoms with Crippen LogP contribution in [-0.4, -0.2) is 50.1 Å². The van der Waals surface area contributed by atoms with Crippen molar-refractivity contribution in [3.63, 3.8) is 0 Å². The van der Waals surface area contributed by atoms with Crippen LogP contribution in [0, 0.1) is 10.1 Å². The number of hydrogen-bond acceptors (Lipinski definition) is 7. The summed E-state index contributed by atoms with van der Waals surface area (Å²) in [5, 5.41) is 16.4. The predicted molar refractivity (Wildman–Crippen MR) is 105 cm³/mol. The summed E-state index contributed by atoms with van der Waals surface area (Å²) in [5.74, 6) is 0.0159. The fourth-order valence-corrected chi connectivity index (χ4v) is 3.01. The van der Waals surface area contributed by atoms with E-state index in [1.165, 1.54) is 32.4 Å². The second kappa shape index (κ2) is 8.46. The maximum atomic E-state index is 12.6. The van der Waals surface area contributed by atoms with E-state index in [9.17, 15) is 19.7 Å². The van der Waals surface area contributed by atoms with E-state index < -0.39 is 16.9 Å². The lowest BCUT2D eigenvalue weighted by atomic mass is 10.1. The van der Waals surface area contributed by atoms with E-state index in [0.29, 0.717) is 17.2 Å². The van der Waals surface area contributed by atoms with E-state index in [1.807, 2.05) is 0 Å². The Bertz CT molecular complexity index is 948. The second-order valence-electron chi connectivity index (χ2n) is 6.26. The molecule has 0 saturated heterocycles. The van der Waals surface area contributed by atoms with Crippen molar-refractivity contribution in [2.45, 2.75) is 6.10 Å². The first-order chi connectivity index (χ1) is 13.9. The van der Waals surface area contributed by atoms with Gasteiger partial charge in [0.1, 0.15) is 17.2 Å². The van der Waals surface area contributed by atoms with Crippen molar-refractivity contribution in [2.75, 3.05) is 37.5 Å². The lowest BCUT2D eigenvalue weighted by Crippen LogP contribution is -2.50. The van der Waals surface area contributed by atoms with Crippen LogP contribution in [0.4, 0.5) is 17.1 Å². The van der Waals surface area contributed by atoms with Gasteiger partial charge in [0.05, 0.1) is 36.9 Å². The smallest absolute Gasteiger partial charge is 0.296 e. The molecule has 2 aromatic carbocycles. The fourth-order valence-electron chi connectivity index (χ4n) is 3.01. The van der Waals surface area contributed by atoms with E-state index in [2.05, 4.69) is 10.6 Å². The lowest BCUT2D eigenvalue weighted by Gasteiger charge is -2.34. The van der Waals surface area contributed by atoms with Crippen LogP contribution in [0.2, 0.25) is 0 Å². The highest BCUT2D eigenvalue weighted by molar-refractivity contribution is 5.96. The molecule has 0 aliphatic carbocycles. The molecular weight excluding hydrogens is 380 g/mol. The zero-order chi connectivity index (χ0) is 21.0. The summed E-state index contributed by atoms with van der Waals surface area (Å²) in [6.07, 6.45) is -0.780. The van der Waals surface area contributed by atoms with Gasteiger partial charge in [-0.15, -0.1) is 0 Å². The number of methoxy groups -OCH3 is 1. The number of hydrogen-bond donors (Lipinski definition) is 2. The van der Waals surface area contributed by atoms with Gasteiger partial charge in [-0.25, -0.2) is 0 Å². The number of nitro benzene ring substituents is 1. The first kappa shape index (κ1) is 19.9. The Morgan fingerprint density at radius 2 is 2.07 bits per heavy atom. The minimum absolute atomic E-state index is 0.0604. The predicted octanol–water partition coefficient (Wildman–Crippen LogP) is 1.56. The Hall–Kier alpha value is -3.82. The number of anilines is 2. The van der Waals surface area contributed by atoms with Crippen molar-refractivity contribution >= 4 is 28.9 Å². The molecule has 10 nitrogen and oxygen atoms in total. The molecular formula is C19H20N4O6. The highest BCUT2D eigenvalue weighted by Crippen LogP contribution is 2.33. The normalized spacial score (nSPS) is 15.0. The van der Waals surface area contributed by atoms with Gasteiger partial charge < -0.3 is 25.0 Å². The summed E-state index contributed by atoms with van der Waals surface area (Å²) in [4.78, 5) is 37.1. The maximum absolute atomic E-state index is 12.6. The van der Waals surface area contributed by atoms with Crippen LogP contribution >= 0.6 is 0 Å². The number of rotatable bonds is 6. The third-order valence-electron chi connectivity index (χ3n) is 4.41. The molecule has 0 spiro atoms. The third-order valence-corrected chi connectivity index (χ3v) is 4.41. The Kier molecular flexibility index (Phi) is 5.82. The van der Waals surface area contributed by atoms with Gasteiger partial charge in [-0.2, -0.15) is 0 Å². The molecule has 3 rings (SSSR count). The quantitative estimate of drug-likeness (QED) is 0.557. The molecule has 1 aliphatic rings. The highest BCUT2D eigenvalue weighted by atomic mass is 16.6. The fraction of sp³-hybridized carbons (Fsp3) is 0.263. The average molecular weight is 400 g/mol. The van der Waals surface area contributed by atoms with Gasteiger partial charge in [0.15, 0.2) is 6.10 Å². The average Bonchev–Trinajstić information content (AvgIpc) is 2.73. The Balaban J connectivity index is 1.80. The van der Waals surface area contributed by atoms with Crippen LogP contribution in [0.5, 0.6) is 11.5 Å². The summed E-state index contributed by atoms with van der Waals surface area (Å²) < 4.78 is 10.7. The molecule has 1 atom stereocenters. The number of nitro groups is 1. The molecule has 10 heteroatoms. The summed E-state index contributed by atoms with van der Waals surface area (Å²) in [6, 6.07) is 11.2. The van der Waals surface area contributed by atoms with Crippen molar-refractivity contribution in [1.29, 1.82) is 0 Å². The van der Waals surface area contributed by atoms with Gasteiger partial charge in [-0.1, -0.05) is 12.1 Å². The zero-order valence-corrected chi connectivity index (χ0v) is 15.9. The van der Waals surface area contributed by atoms with Crippen LogP contribution in [0.25, 0.3) is 0 Å². The van der Waals surface area contributed by atoms with Gasteiger partial charge in [-0.05, 0) is 24.3 Å². The number of amides is 2. The van der Waals surface area contributed by atoms with Crippen LogP contribution in [-0.2, 0) is 9.59 Å². The lowest BCUT2D eigenvalue weighted by molar-refractivity contribution is -0.384. The van der Waals surface area contributed by atoms with E-state index in [-0.39, 0.29) is 30.4 Å². The minimum Gasteiger partial charge on any atom is -0.496 e. The molecule has 1 unspecified atom stereocenters. The number of benzene rings is 2. The Labute approximate surface area is 166 Å². The number of carbonyl (C=O) groups excluding carboxylic acids is 2. The number of fused-ring (bicyclic) bond motifs is 1. The van der Waals surface area contributed by atoms with E-state index in [0.717, 1.165) is 0 Å². The number of nitrogens with zero attached hydrogens (tertiary/aromatic N) is 2. The summed E-state index contributed by atoms with van der Waals surface area (Å²) >= 11 is 0. The van der Waals surface area contributed by atoms with Crippen LogP contribution in [0.3, 0.4) is 0 Å². The van der Waals surface area contributed by atoms with Crippen molar-refractivity contribution in [3.8, 4) is 11.5 Å². The molecule has 0 radical (unpaired) electrons. The Morgan fingerprint density at radius 3 is 2.76 bits per heavy atom. The highest BCUT2D eigenvalue weighted by Gasteiger charge is 2.31. The van der Waals surface area contributed by atoms with Gasteiger partial charge in [0.25, 0.3) is 11.6 Å². The standard InChI is InChI=1S/C19H20N4O6/c1-20-19(25)17-10-22(14-5-3-4-6-16(14)29-17)11-18(24)21-13-8-7-12(28-2)9-15(13)23(26)27/h3-9,17H,10-11H2,1-2H3,(H,20,25)(H,21,24). The summed E-state index contributed by atoms with van der Waals surface area (Å²) in [5.41, 5.74) is 0.445. The maximum Gasteiger partial charge on any atom is 0.296 e. The minimum atomic E-state index is -0.780. The SMILES string of the molecule is CNC(=O)C1CN(CC(=O)Nc2ccc(OC)cc2[N+](=O)[O-])c2ccccc2O1. The summed E-state index contributed by atoms with van der Waals surface area (Å²) in [6.45, 7) is 0.0475. The zero-order valence-electron chi connectivity index (χ0n) is 15.9. The molecule has 1 heterocycles. The van der Waals surface area contributed by atoms with Gasteiger partial charge in [0, 0.05) is 7.05 Å². The van der Waals surface area contributed by atoms with Crippen molar-refractivity contribution in [2.24, 2.45) is 0 Å². The number of ether oxygens (including phenoxy) is 2. The van der Waals surface area contributed by atoms with E-state index in [1.54, 1.807) is 29.2 Å². The molecule has 152 valence electrons. The first-order valence-electron chi connectivity index (χ1n) is 8.77. The summed E-state index contributed by atoms with van der Waals surface area (Å²) in [7, 11) is 2.90. The number of carbonyl (C=O) groups is 2. The van der Waals surface area contributed by atoms with Gasteiger partial charge >= 0.3 is 0 Å². The molecule has 1 aliphatic heterocycles. The molecule has 2 aromatic rings. The van der Waals surface area contributed by atoms with Crippen LogP contribution in [0.15, 0.2) is 42.5 Å². The molecule has 0 bridgehead atoms. The third kappa shape index (κ3) is 4.37. The van der Waals surface area contributed by atoms with Crippen molar-refractivity contribution in [3.05, 3.63) is 52.6 Å². The second-order valence-corrected chi connectivity index (χ2v) is 6.26. The topological polar surface area (TPSA) is 123 Å². The number of nitrogens with one attached hydrogen (secondary N) is 2. The van der Waals surface area contributed by atoms with Gasteiger partial charge in [-0.3, -0.25) is 19.7 Å². The van der Waals surface area contributed by atoms with E-state index >= 15 is 0 Å². The van der Waals surface area contributed by atoms with Gasteiger partial charge in [0.2, 0.25) is 5.91 Å². The Morgan fingerprint density at radius 1 is 1.31 bits per heavy atom. The molecule has 29 heavy (non-hydrogen) atoms. The van der Waals surface area contributed by atoms with Crippen LogP contribution < -0.4 is 25.0 Å². The van der Waals surface area contributed by atoms with E-state index in [4.69, 9.17) is 9.47 Å². The monoisotopic (exact) mass is 400 g/mol. The molecule has 2 amide bonds. The van der Waals surface area contributed by atoms with Crippen molar-refractivity contribution in [1.82, 2.24) is 5.32 Å². The largest absolute Gasteiger partial charge is 0.496 e. The first-order valence-corrected chi connectivity index (χ1v) is 8.77. The molecule has 0 saturated carbocycles.